The second-order valence-electron chi connectivity index (χ2n) is 6.42. The zero-order valence-electron chi connectivity index (χ0n) is 14.9. The van der Waals surface area contributed by atoms with E-state index in [9.17, 15) is 0 Å². The van der Waals surface area contributed by atoms with Crippen LogP contribution in [0.1, 0.15) is 29.2 Å². The zero-order chi connectivity index (χ0) is 17.8. The van der Waals surface area contributed by atoms with E-state index in [0.29, 0.717) is 0 Å². The Labute approximate surface area is 154 Å². The summed E-state index contributed by atoms with van der Waals surface area (Å²) < 4.78 is 2.23. The Morgan fingerprint density at radius 3 is 1.88 bits per heavy atom. The number of nitrogens with zero attached hydrogens (tertiary/aromatic N) is 2. The summed E-state index contributed by atoms with van der Waals surface area (Å²) in [4.78, 5) is 4.38. The van der Waals surface area contributed by atoms with Crippen molar-refractivity contribution in [3.63, 3.8) is 0 Å². The van der Waals surface area contributed by atoms with Crippen molar-refractivity contribution in [2.24, 2.45) is 0 Å². The maximum Gasteiger partial charge on any atom is 0.121 e. The first-order valence-electron chi connectivity index (χ1n) is 9.05. The van der Waals surface area contributed by atoms with Crippen LogP contribution in [0.15, 0.2) is 104 Å². The molecule has 4 rings (SSSR count). The van der Waals surface area contributed by atoms with E-state index in [1.165, 1.54) is 22.3 Å². The number of hydrogen-bond acceptors (Lipinski definition) is 1. The van der Waals surface area contributed by atoms with Crippen LogP contribution < -0.4 is 0 Å². The van der Waals surface area contributed by atoms with Crippen molar-refractivity contribution in [1.82, 2.24) is 9.55 Å². The Hall–Kier alpha value is -3.13. The fourth-order valence-corrected chi connectivity index (χ4v) is 3.91. The highest BCUT2D eigenvalue weighted by molar-refractivity contribution is 5.53. The summed E-state index contributed by atoms with van der Waals surface area (Å²) in [5, 5.41) is 0. The molecule has 4 aromatic rings. The van der Waals surface area contributed by atoms with Crippen molar-refractivity contribution in [2.75, 3.05) is 0 Å². The summed E-state index contributed by atoms with van der Waals surface area (Å²) >= 11 is 0. The fraction of sp³-hybridized carbons (Fsp3) is 0.125. The van der Waals surface area contributed by atoms with Gasteiger partial charge >= 0.3 is 0 Å². The quantitative estimate of drug-likeness (QED) is 0.452. The second-order valence-corrected chi connectivity index (χ2v) is 6.42. The average molecular weight is 338 g/mol. The van der Waals surface area contributed by atoms with Crippen molar-refractivity contribution >= 4 is 0 Å². The molecule has 26 heavy (non-hydrogen) atoms. The molecule has 0 atom stereocenters. The molecule has 0 spiro atoms. The van der Waals surface area contributed by atoms with Crippen LogP contribution in [-0.2, 0) is 12.0 Å². The number of aromatic nitrogens is 2. The molecule has 0 saturated carbocycles. The van der Waals surface area contributed by atoms with E-state index in [1.807, 2.05) is 12.5 Å². The number of aryl methyl sites for hydroxylation is 1. The van der Waals surface area contributed by atoms with Crippen molar-refractivity contribution in [3.05, 3.63) is 126 Å². The molecule has 0 fully saturated rings. The van der Waals surface area contributed by atoms with Crippen LogP contribution in [0.2, 0.25) is 0 Å². The van der Waals surface area contributed by atoms with Gasteiger partial charge in [0.1, 0.15) is 5.54 Å². The second kappa shape index (κ2) is 7.01. The number of imidazole rings is 1. The topological polar surface area (TPSA) is 17.8 Å². The van der Waals surface area contributed by atoms with Crippen molar-refractivity contribution < 1.29 is 0 Å². The van der Waals surface area contributed by atoms with Crippen LogP contribution in [0, 0.1) is 0 Å². The van der Waals surface area contributed by atoms with Gasteiger partial charge in [0, 0.05) is 12.4 Å². The van der Waals surface area contributed by atoms with Gasteiger partial charge in [-0.25, -0.2) is 4.98 Å². The van der Waals surface area contributed by atoms with Crippen molar-refractivity contribution in [1.29, 1.82) is 0 Å². The molecule has 0 radical (unpaired) electrons. The molecule has 0 saturated heterocycles. The Morgan fingerprint density at radius 2 is 1.35 bits per heavy atom. The summed E-state index contributed by atoms with van der Waals surface area (Å²) in [7, 11) is 0. The van der Waals surface area contributed by atoms with Crippen molar-refractivity contribution in [2.45, 2.75) is 18.9 Å². The van der Waals surface area contributed by atoms with Gasteiger partial charge in [-0.1, -0.05) is 91.9 Å². The molecule has 0 N–H and O–H groups in total. The Bertz CT molecular complexity index is 918. The lowest BCUT2D eigenvalue weighted by Gasteiger charge is -2.38. The number of benzene rings is 3. The lowest BCUT2D eigenvalue weighted by Crippen LogP contribution is -2.37. The molecular formula is C24H22N2. The molecule has 1 aromatic heterocycles. The highest BCUT2D eigenvalue weighted by atomic mass is 15.1. The molecule has 0 aliphatic rings. The molecule has 2 heteroatoms. The standard InChI is InChI=1S/C24H22N2/c1-2-20-11-9-10-16-23(20)24(26-18-17-25-19-26,21-12-5-3-6-13-21)22-14-7-4-8-15-22/h3-19H,2H2,1H3. The van der Waals surface area contributed by atoms with Gasteiger partial charge in [0.05, 0.1) is 6.33 Å². The van der Waals surface area contributed by atoms with Gasteiger partial charge in [-0.15, -0.1) is 0 Å². The Balaban J connectivity index is 2.15. The Kier molecular flexibility index (Phi) is 4.40. The average Bonchev–Trinajstić information content (AvgIpc) is 3.26. The minimum absolute atomic E-state index is 0.453. The number of rotatable bonds is 5. The van der Waals surface area contributed by atoms with Gasteiger partial charge in [-0.2, -0.15) is 0 Å². The fourth-order valence-electron chi connectivity index (χ4n) is 3.91. The molecule has 2 nitrogen and oxygen atoms in total. The molecule has 1 heterocycles. The lowest BCUT2D eigenvalue weighted by atomic mass is 9.74. The highest BCUT2D eigenvalue weighted by Gasteiger charge is 2.39. The van der Waals surface area contributed by atoms with E-state index < -0.39 is 5.54 Å². The van der Waals surface area contributed by atoms with Gasteiger partial charge in [0.25, 0.3) is 0 Å². The molecule has 0 aliphatic carbocycles. The molecule has 0 amide bonds. The van der Waals surface area contributed by atoms with E-state index in [2.05, 4.69) is 108 Å². The molecule has 0 aliphatic heterocycles. The number of hydrogen-bond donors (Lipinski definition) is 0. The highest BCUT2D eigenvalue weighted by Crippen LogP contribution is 2.42. The van der Waals surface area contributed by atoms with E-state index in [4.69, 9.17) is 0 Å². The molecular weight excluding hydrogens is 316 g/mol. The molecule has 128 valence electrons. The van der Waals surface area contributed by atoms with Crippen LogP contribution in [0.3, 0.4) is 0 Å². The van der Waals surface area contributed by atoms with Gasteiger partial charge in [-0.3, -0.25) is 0 Å². The van der Waals surface area contributed by atoms with Crippen LogP contribution in [-0.4, -0.2) is 9.55 Å². The maximum atomic E-state index is 4.38. The zero-order valence-corrected chi connectivity index (χ0v) is 14.9. The van der Waals surface area contributed by atoms with Gasteiger partial charge in [0.2, 0.25) is 0 Å². The minimum Gasteiger partial charge on any atom is -0.319 e. The lowest BCUT2D eigenvalue weighted by molar-refractivity contribution is 0.510. The summed E-state index contributed by atoms with van der Waals surface area (Å²) in [6.45, 7) is 2.22. The summed E-state index contributed by atoms with van der Waals surface area (Å²) in [6.07, 6.45) is 6.82. The van der Waals surface area contributed by atoms with Crippen molar-refractivity contribution in [3.8, 4) is 0 Å². The van der Waals surface area contributed by atoms with E-state index in [0.717, 1.165) is 6.42 Å². The predicted octanol–water partition coefficient (Wildman–Crippen LogP) is 5.29. The molecule has 3 aromatic carbocycles. The van der Waals surface area contributed by atoms with Gasteiger partial charge < -0.3 is 4.57 Å². The maximum absolute atomic E-state index is 4.38. The molecule has 0 unspecified atom stereocenters. The van der Waals surface area contributed by atoms with E-state index >= 15 is 0 Å². The smallest absolute Gasteiger partial charge is 0.121 e. The van der Waals surface area contributed by atoms with Gasteiger partial charge in [-0.05, 0) is 28.7 Å². The third-order valence-corrected chi connectivity index (χ3v) is 5.06. The van der Waals surface area contributed by atoms with Crippen LogP contribution in [0.25, 0.3) is 0 Å². The SMILES string of the molecule is CCc1ccccc1C(c1ccccc1)(c1ccccc1)n1ccnc1. The largest absolute Gasteiger partial charge is 0.319 e. The monoisotopic (exact) mass is 338 g/mol. The summed E-state index contributed by atoms with van der Waals surface area (Å²) in [6, 6.07) is 30.1. The van der Waals surface area contributed by atoms with Gasteiger partial charge in [0.15, 0.2) is 0 Å². The third-order valence-electron chi connectivity index (χ3n) is 5.06. The Morgan fingerprint density at radius 1 is 0.769 bits per heavy atom. The summed E-state index contributed by atoms with van der Waals surface area (Å²) in [5.41, 5.74) is 4.63. The molecule has 0 bridgehead atoms. The minimum atomic E-state index is -0.453. The normalized spacial score (nSPS) is 11.4. The summed E-state index contributed by atoms with van der Waals surface area (Å²) in [5.74, 6) is 0. The predicted molar refractivity (Wildman–Crippen MR) is 106 cm³/mol. The van der Waals surface area contributed by atoms with Crippen LogP contribution in [0.4, 0.5) is 0 Å². The first-order chi connectivity index (χ1) is 12.9. The van der Waals surface area contributed by atoms with Crippen LogP contribution in [0.5, 0.6) is 0 Å². The first kappa shape index (κ1) is 16.3. The van der Waals surface area contributed by atoms with Crippen LogP contribution >= 0.6 is 0 Å². The van der Waals surface area contributed by atoms with E-state index in [-0.39, 0.29) is 0 Å². The first-order valence-corrected chi connectivity index (χ1v) is 9.05. The van der Waals surface area contributed by atoms with E-state index in [1.54, 1.807) is 0 Å². The third kappa shape index (κ3) is 2.55.